The highest BCUT2D eigenvalue weighted by atomic mass is 35.5. The van der Waals surface area contributed by atoms with Gasteiger partial charge in [-0.25, -0.2) is 27.9 Å². The van der Waals surface area contributed by atoms with Crippen molar-refractivity contribution < 1.29 is 41.7 Å². The molecule has 1 aliphatic rings. The smallest absolute Gasteiger partial charge is 0.347 e. The van der Waals surface area contributed by atoms with Crippen LogP contribution in [0.25, 0.3) is 11.0 Å². The van der Waals surface area contributed by atoms with Crippen LogP contribution >= 0.6 is 11.6 Å². The van der Waals surface area contributed by atoms with E-state index in [-0.39, 0.29) is 28.2 Å². The normalized spacial score (nSPS) is 12.8. The number of carbonyl (C=O) groups is 3. The highest BCUT2D eigenvalue weighted by Crippen LogP contribution is 2.25. The molecule has 270 valence electrons. The molecule has 1 saturated carbocycles. The maximum Gasteiger partial charge on any atom is 0.347 e. The summed E-state index contributed by atoms with van der Waals surface area (Å²) in [6.07, 6.45) is 2.78. The second kappa shape index (κ2) is 17.0. The molecule has 1 aliphatic carbocycles. The number of halogens is 1. The number of fused-ring (bicyclic) bond motifs is 1. The molecule has 0 unspecified atom stereocenters. The molecule has 5 aromatic rings. The van der Waals surface area contributed by atoms with Crippen LogP contribution in [-0.4, -0.2) is 62.0 Å². The number of ether oxygens (including phenoxy) is 4. The predicted octanol–water partition coefficient (Wildman–Crippen LogP) is 6.11. The quantitative estimate of drug-likeness (QED) is 0.141. The number of rotatable bonds is 12. The van der Waals surface area contributed by atoms with Crippen LogP contribution < -0.4 is 24.2 Å². The van der Waals surface area contributed by atoms with Crippen molar-refractivity contribution >= 4 is 50.4 Å². The molecule has 0 saturated heterocycles. The molecule has 1 atom stereocenters. The van der Waals surface area contributed by atoms with Gasteiger partial charge in [-0.2, -0.15) is 0 Å². The highest BCUT2D eigenvalue weighted by Gasteiger charge is 2.25. The summed E-state index contributed by atoms with van der Waals surface area (Å²) in [5.74, 6) is 0.313. The number of amides is 2. The van der Waals surface area contributed by atoms with Crippen molar-refractivity contribution in [3.8, 4) is 23.1 Å². The zero-order valence-electron chi connectivity index (χ0n) is 28.4. The summed E-state index contributed by atoms with van der Waals surface area (Å²) in [5.41, 5.74) is 1.86. The molecule has 15 heteroatoms. The zero-order chi connectivity index (χ0) is 37.3. The van der Waals surface area contributed by atoms with E-state index in [4.69, 9.17) is 30.5 Å². The zero-order valence-corrected chi connectivity index (χ0v) is 29.9. The molecule has 52 heavy (non-hydrogen) atoms. The van der Waals surface area contributed by atoms with Gasteiger partial charge in [-0.3, -0.25) is 9.59 Å². The number of benzene rings is 4. The van der Waals surface area contributed by atoms with Gasteiger partial charge in [0.2, 0.25) is 5.88 Å². The number of carbonyl (C=O) groups excluding carboxylic acids is 3. The monoisotopic (exact) mass is 746 g/mol. The molecule has 1 aromatic heterocycles. The van der Waals surface area contributed by atoms with Gasteiger partial charge in [-0.05, 0) is 106 Å². The fraction of sp³-hybridized carbons (Fsp3) is 0.216. The Kier molecular flexibility index (Phi) is 12.3. The lowest BCUT2D eigenvalue weighted by Gasteiger charge is -2.13. The molecule has 2 amide bonds. The van der Waals surface area contributed by atoms with Crippen LogP contribution in [0.5, 0.6) is 23.1 Å². The van der Waals surface area contributed by atoms with Crippen LogP contribution in [0, 0.1) is 0 Å². The lowest BCUT2D eigenvalue weighted by atomic mass is 10.2. The Hall–Kier alpha value is -5.73. The van der Waals surface area contributed by atoms with E-state index >= 15 is 0 Å². The fourth-order valence-corrected chi connectivity index (χ4v) is 5.72. The van der Waals surface area contributed by atoms with Crippen molar-refractivity contribution in [3.05, 3.63) is 113 Å². The van der Waals surface area contributed by atoms with Crippen molar-refractivity contribution in [2.75, 3.05) is 13.7 Å². The maximum atomic E-state index is 12.4. The first kappa shape index (κ1) is 37.5. The SMILES string of the molecule is CCOC(=O)[C@@H](C)Oc1ccc(Oc2cnc3cc(Cl)ccc3n2)cc1.COc1ccccc1C(=O)NS(=O)(=O)c1ccc(C(=O)NC2CC2)cc1. The van der Waals surface area contributed by atoms with Gasteiger partial charge in [0.1, 0.15) is 17.2 Å². The molecule has 1 heterocycles. The molecule has 0 bridgehead atoms. The van der Waals surface area contributed by atoms with Crippen LogP contribution in [-0.2, 0) is 19.6 Å². The minimum absolute atomic E-state index is 0.108. The largest absolute Gasteiger partial charge is 0.496 e. The van der Waals surface area contributed by atoms with Gasteiger partial charge in [0.15, 0.2) is 6.10 Å². The lowest BCUT2D eigenvalue weighted by molar-refractivity contribution is -0.150. The molecule has 1 fully saturated rings. The van der Waals surface area contributed by atoms with E-state index in [0.29, 0.717) is 45.6 Å². The molecule has 0 spiro atoms. The first-order valence-electron chi connectivity index (χ1n) is 16.1. The number of methoxy groups -OCH3 is 1. The molecule has 0 aliphatic heterocycles. The molecular formula is C37H35ClN4O9S. The number of esters is 1. The molecule has 2 N–H and O–H groups in total. The standard InChI is InChI=1S/C19H17ClN2O4.C18H18N2O5S/c1-3-24-19(23)12(2)25-14-5-7-15(8-6-14)26-18-11-21-17-10-13(20)4-9-16(17)22-18;1-25-16-5-3-2-4-15(16)18(22)20-26(23,24)14-10-6-12(7-11-14)17(21)19-13-8-9-13/h4-12H,3H2,1-2H3;2-7,10-11,13H,8-9H2,1H3,(H,19,21)(H,20,22)/t12-;/m1./s1. The van der Waals surface area contributed by atoms with Gasteiger partial charge >= 0.3 is 5.97 Å². The van der Waals surface area contributed by atoms with Crippen molar-refractivity contribution in [1.82, 2.24) is 20.0 Å². The second-order valence-electron chi connectivity index (χ2n) is 11.3. The summed E-state index contributed by atoms with van der Waals surface area (Å²) in [6.45, 7) is 3.71. The fourth-order valence-electron chi connectivity index (χ4n) is 4.58. The average Bonchev–Trinajstić information content (AvgIpc) is 3.96. The summed E-state index contributed by atoms with van der Waals surface area (Å²) < 4.78 is 48.0. The summed E-state index contributed by atoms with van der Waals surface area (Å²) in [7, 11) is -2.68. The lowest BCUT2D eigenvalue weighted by Crippen LogP contribution is -2.31. The first-order chi connectivity index (χ1) is 24.9. The van der Waals surface area contributed by atoms with Gasteiger partial charge < -0.3 is 24.3 Å². The average molecular weight is 747 g/mol. The van der Waals surface area contributed by atoms with E-state index in [0.717, 1.165) is 12.8 Å². The van der Waals surface area contributed by atoms with Crippen molar-refractivity contribution in [1.29, 1.82) is 0 Å². The first-order valence-corrected chi connectivity index (χ1v) is 18.0. The highest BCUT2D eigenvalue weighted by molar-refractivity contribution is 7.90. The van der Waals surface area contributed by atoms with E-state index < -0.39 is 28.0 Å². The number of para-hydroxylation sites is 1. The summed E-state index contributed by atoms with van der Waals surface area (Å²) in [5, 5.41) is 3.43. The topological polar surface area (TPSA) is 172 Å². The number of nitrogens with zero attached hydrogens (tertiary/aromatic N) is 2. The van der Waals surface area contributed by atoms with Crippen LogP contribution in [0.1, 0.15) is 47.4 Å². The summed E-state index contributed by atoms with van der Waals surface area (Å²) in [6, 6.07) is 24.1. The van der Waals surface area contributed by atoms with Crippen molar-refractivity contribution in [3.63, 3.8) is 0 Å². The number of sulfonamides is 1. The Morgan fingerprint density at radius 2 is 1.60 bits per heavy atom. The molecule has 6 rings (SSSR count). The van der Waals surface area contributed by atoms with Crippen LogP contribution in [0.2, 0.25) is 5.02 Å². The second-order valence-corrected chi connectivity index (χ2v) is 13.5. The van der Waals surface area contributed by atoms with Crippen LogP contribution in [0.15, 0.2) is 102 Å². The Balaban J connectivity index is 0.000000201. The van der Waals surface area contributed by atoms with Gasteiger partial charge in [-0.1, -0.05) is 23.7 Å². The summed E-state index contributed by atoms with van der Waals surface area (Å²) in [4.78, 5) is 44.4. The molecule has 0 radical (unpaired) electrons. The number of hydrogen-bond acceptors (Lipinski definition) is 11. The van der Waals surface area contributed by atoms with E-state index in [1.807, 2.05) is 4.72 Å². The van der Waals surface area contributed by atoms with Crippen LogP contribution in [0.3, 0.4) is 0 Å². The number of aromatic nitrogens is 2. The Morgan fingerprint density at radius 3 is 2.27 bits per heavy atom. The maximum absolute atomic E-state index is 12.4. The van der Waals surface area contributed by atoms with Crippen molar-refractivity contribution in [2.45, 2.75) is 43.7 Å². The van der Waals surface area contributed by atoms with E-state index in [2.05, 4.69) is 15.3 Å². The predicted molar refractivity (Wildman–Crippen MR) is 192 cm³/mol. The van der Waals surface area contributed by atoms with Gasteiger partial charge in [0.05, 0.1) is 41.4 Å². The van der Waals surface area contributed by atoms with Crippen molar-refractivity contribution in [2.24, 2.45) is 0 Å². The number of hydrogen-bond donors (Lipinski definition) is 2. The summed E-state index contributed by atoms with van der Waals surface area (Å²) >= 11 is 5.94. The van der Waals surface area contributed by atoms with E-state index in [1.165, 1.54) is 43.6 Å². The Bertz CT molecular complexity index is 2160. The van der Waals surface area contributed by atoms with Crippen LogP contribution in [0.4, 0.5) is 0 Å². The Morgan fingerprint density at radius 1 is 0.904 bits per heavy atom. The minimum Gasteiger partial charge on any atom is -0.496 e. The van der Waals surface area contributed by atoms with Gasteiger partial charge in [-0.15, -0.1) is 0 Å². The molecule has 4 aromatic carbocycles. The number of nitrogens with one attached hydrogen (secondary N) is 2. The molecule has 13 nitrogen and oxygen atoms in total. The third-order valence-corrected chi connectivity index (χ3v) is 8.96. The van der Waals surface area contributed by atoms with E-state index in [1.54, 1.807) is 74.5 Å². The molecular weight excluding hydrogens is 712 g/mol. The van der Waals surface area contributed by atoms with Gasteiger partial charge in [0, 0.05) is 16.6 Å². The minimum atomic E-state index is -4.07. The van der Waals surface area contributed by atoms with Gasteiger partial charge in [0.25, 0.3) is 21.8 Å². The Labute approximate surface area is 305 Å². The third kappa shape index (κ3) is 10.2. The van der Waals surface area contributed by atoms with E-state index in [9.17, 15) is 22.8 Å². The third-order valence-electron chi connectivity index (χ3n) is 7.38.